The van der Waals surface area contributed by atoms with Crippen molar-refractivity contribution in [2.45, 2.75) is 40.5 Å². The molecule has 0 heterocycles. The van der Waals surface area contributed by atoms with Gasteiger partial charge in [0.25, 0.3) is 0 Å². The molecule has 0 aromatic heterocycles. The van der Waals surface area contributed by atoms with Crippen LogP contribution in [-0.2, 0) is 12.8 Å². The first-order valence-corrected chi connectivity index (χ1v) is 7.17. The summed E-state index contributed by atoms with van der Waals surface area (Å²) in [4.78, 5) is 0. The molecule has 0 radical (unpaired) electrons. The summed E-state index contributed by atoms with van der Waals surface area (Å²) in [6.07, 6.45) is 1.15. The highest BCUT2D eigenvalue weighted by molar-refractivity contribution is 5.54. The Hall–Kier alpha value is -2.16. The van der Waals surface area contributed by atoms with Crippen molar-refractivity contribution in [3.63, 3.8) is 0 Å². The van der Waals surface area contributed by atoms with E-state index in [0.29, 0.717) is 24.2 Å². The van der Waals surface area contributed by atoms with Gasteiger partial charge in [-0.3, -0.25) is 0 Å². The molecular formula is C18H22O3. The maximum absolute atomic E-state index is 10.3. The van der Waals surface area contributed by atoms with Gasteiger partial charge >= 0.3 is 0 Å². The molecule has 0 saturated carbocycles. The molecule has 0 spiro atoms. The van der Waals surface area contributed by atoms with E-state index in [0.717, 1.165) is 27.8 Å². The molecular weight excluding hydrogens is 264 g/mol. The Morgan fingerprint density at radius 1 is 0.762 bits per heavy atom. The molecule has 2 aromatic rings. The SMILES string of the molecule is CCc1c(O)c(C)cc(Cc2cc(C)c(O)c(C)c2)c1O. The summed E-state index contributed by atoms with van der Waals surface area (Å²) < 4.78 is 0. The number of phenols is 3. The number of aryl methyl sites for hydroxylation is 3. The Labute approximate surface area is 125 Å². The molecule has 0 aliphatic rings. The van der Waals surface area contributed by atoms with Crippen LogP contribution < -0.4 is 0 Å². The van der Waals surface area contributed by atoms with Gasteiger partial charge in [-0.05, 0) is 61.1 Å². The first kappa shape index (κ1) is 15.2. The normalized spacial score (nSPS) is 10.9. The minimum absolute atomic E-state index is 0.170. The Bertz CT molecular complexity index is 664. The molecule has 21 heavy (non-hydrogen) atoms. The lowest BCUT2D eigenvalue weighted by atomic mass is 9.95. The van der Waals surface area contributed by atoms with E-state index < -0.39 is 0 Å². The fourth-order valence-electron chi connectivity index (χ4n) is 2.78. The first-order valence-electron chi connectivity index (χ1n) is 7.17. The van der Waals surface area contributed by atoms with Crippen LogP contribution in [0.5, 0.6) is 17.2 Å². The van der Waals surface area contributed by atoms with Gasteiger partial charge in [0.05, 0.1) is 0 Å². The topological polar surface area (TPSA) is 60.7 Å². The van der Waals surface area contributed by atoms with E-state index in [4.69, 9.17) is 0 Å². The second kappa shape index (κ2) is 5.68. The number of hydrogen-bond acceptors (Lipinski definition) is 3. The Morgan fingerprint density at radius 3 is 1.81 bits per heavy atom. The molecule has 2 rings (SSSR count). The molecule has 3 nitrogen and oxygen atoms in total. The zero-order chi connectivity index (χ0) is 15.7. The number of benzene rings is 2. The van der Waals surface area contributed by atoms with Crippen LogP contribution in [0.4, 0.5) is 0 Å². The van der Waals surface area contributed by atoms with Crippen molar-refractivity contribution in [3.05, 3.63) is 51.6 Å². The Balaban J connectivity index is 2.47. The highest BCUT2D eigenvalue weighted by atomic mass is 16.3. The minimum atomic E-state index is 0.170. The third-order valence-electron chi connectivity index (χ3n) is 3.94. The smallest absolute Gasteiger partial charge is 0.125 e. The Morgan fingerprint density at radius 2 is 1.29 bits per heavy atom. The number of hydrogen-bond donors (Lipinski definition) is 3. The summed E-state index contributed by atoms with van der Waals surface area (Å²) in [5.74, 6) is 0.667. The van der Waals surface area contributed by atoms with Crippen LogP contribution in [0, 0.1) is 20.8 Å². The largest absolute Gasteiger partial charge is 0.507 e. The highest BCUT2D eigenvalue weighted by Crippen LogP contribution is 2.36. The van der Waals surface area contributed by atoms with Crippen molar-refractivity contribution in [3.8, 4) is 17.2 Å². The average Bonchev–Trinajstić information content (AvgIpc) is 2.43. The van der Waals surface area contributed by atoms with Gasteiger partial charge in [-0.15, -0.1) is 0 Å². The predicted molar refractivity (Wildman–Crippen MR) is 84.3 cm³/mol. The van der Waals surface area contributed by atoms with Gasteiger partial charge in [-0.25, -0.2) is 0 Å². The lowest BCUT2D eigenvalue weighted by Crippen LogP contribution is -1.96. The number of aromatic hydroxyl groups is 3. The quantitative estimate of drug-likeness (QED) is 0.802. The fraction of sp³-hybridized carbons (Fsp3) is 0.333. The van der Waals surface area contributed by atoms with Gasteiger partial charge in [0.15, 0.2) is 0 Å². The van der Waals surface area contributed by atoms with Crippen molar-refractivity contribution < 1.29 is 15.3 Å². The molecule has 0 aliphatic carbocycles. The molecule has 0 saturated heterocycles. The average molecular weight is 286 g/mol. The summed E-state index contributed by atoms with van der Waals surface area (Å²) in [6, 6.07) is 5.67. The second-order valence-electron chi connectivity index (χ2n) is 5.64. The predicted octanol–water partition coefficient (Wildman–Crippen LogP) is 3.88. The lowest BCUT2D eigenvalue weighted by Gasteiger charge is -2.14. The maximum Gasteiger partial charge on any atom is 0.125 e. The molecule has 0 bridgehead atoms. The van der Waals surface area contributed by atoms with Crippen LogP contribution in [-0.4, -0.2) is 15.3 Å². The second-order valence-corrected chi connectivity index (χ2v) is 5.64. The lowest BCUT2D eigenvalue weighted by molar-refractivity contribution is 0.433. The van der Waals surface area contributed by atoms with E-state index in [2.05, 4.69) is 0 Å². The summed E-state index contributed by atoms with van der Waals surface area (Å²) >= 11 is 0. The molecule has 0 fully saturated rings. The van der Waals surface area contributed by atoms with E-state index in [1.54, 1.807) is 0 Å². The van der Waals surface area contributed by atoms with Crippen molar-refractivity contribution in [2.75, 3.05) is 0 Å². The standard InChI is InChI=1S/C18H22O3/c1-5-15-17(20)12(4)8-14(18(15)21)9-13-6-10(2)16(19)11(3)7-13/h6-8,19-21H,5,9H2,1-4H3. The van der Waals surface area contributed by atoms with E-state index in [1.807, 2.05) is 45.9 Å². The molecule has 0 aliphatic heterocycles. The van der Waals surface area contributed by atoms with Gasteiger partial charge in [0.2, 0.25) is 0 Å². The maximum atomic E-state index is 10.3. The summed E-state index contributed by atoms with van der Waals surface area (Å²) in [7, 11) is 0. The van der Waals surface area contributed by atoms with Gasteiger partial charge in [-0.2, -0.15) is 0 Å². The zero-order valence-corrected chi connectivity index (χ0v) is 13.0. The van der Waals surface area contributed by atoms with E-state index in [9.17, 15) is 15.3 Å². The molecule has 3 N–H and O–H groups in total. The summed E-state index contributed by atoms with van der Waals surface area (Å²) in [5, 5.41) is 30.2. The third-order valence-corrected chi connectivity index (χ3v) is 3.94. The van der Waals surface area contributed by atoms with Crippen molar-refractivity contribution >= 4 is 0 Å². The minimum Gasteiger partial charge on any atom is -0.507 e. The molecule has 0 unspecified atom stereocenters. The molecule has 112 valence electrons. The van der Waals surface area contributed by atoms with Crippen molar-refractivity contribution in [1.29, 1.82) is 0 Å². The zero-order valence-electron chi connectivity index (χ0n) is 13.0. The summed E-state index contributed by atoms with van der Waals surface area (Å²) in [6.45, 7) is 7.48. The van der Waals surface area contributed by atoms with Crippen LogP contribution in [0.15, 0.2) is 18.2 Å². The molecule has 3 heteroatoms. The Kier molecular flexibility index (Phi) is 4.12. The van der Waals surface area contributed by atoms with E-state index >= 15 is 0 Å². The van der Waals surface area contributed by atoms with Crippen LogP contribution in [0.3, 0.4) is 0 Å². The van der Waals surface area contributed by atoms with Crippen LogP contribution in [0.2, 0.25) is 0 Å². The summed E-state index contributed by atoms with van der Waals surface area (Å²) in [5.41, 5.74) is 4.85. The van der Waals surface area contributed by atoms with Gasteiger partial charge in [-0.1, -0.05) is 19.1 Å². The number of phenolic OH excluding ortho intramolecular Hbond substituents is 3. The van der Waals surface area contributed by atoms with Gasteiger partial charge < -0.3 is 15.3 Å². The molecule has 0 amide bonds. The molecule has 0 atom stereocenters. The van der Waals surface area contributed by atoms with E-state index in [1.165, 1.54) is 0 Å². The highest BCUT2D eigenvalue weighted by Gasteiger charge is 2.15. The van der Waals surface area contributed by atoms with Crippen molar-refractivity contribution in [1.82, 2.24) is 0 Å². The van der Waals surface area contributed by atoms with Gasteiger partial charge in [0, 0.05) is 12.0 Å². The monoisotopic (exact) mass is 286 g/mol. The molecule has 2 aromatic carbocycles. The number of rotatable bonds is 3. The van der Waals surface area contributed by atoms with Crippen LogP contribution in [0.1, 0.15) is 40.3 Å². The van der Waals surface area contributed by atoms with Gasteiger partial charge in [0.1, 0.15) is 17.2 Å². The third kappa shape index (κ3) is 2.82. The van der Waals surface area contributed by atoms with Crippen LogP contribution in [0.25, 0.3) is 0 Å². The van der Waals surface area contributed by atoms with E-state index in [-0.39, 0.29) is 11.5 Å². The fourth-order valence-corrected chi connectivity index (χ4v) is 2.78. The first-order chi connectivity index (χ1) is 9.85. The van der Waals surface area contributed by atoms with Crippen LogP contribution >= 0.6 is 0 Å². The van der Waals surface area contributed by atoms with Crippen molar-refractivity contribution in [2.24, 2.45) is 0 Å².